The second kappa shape index (κ2) is 4.40. The van der Waals surface area contributed by atoms with Crippen LogP contribution in [0, 0.1) is 0 Å². The predicted octanol–water partition coefficient (Wildman–Crippen LogP) is 3.50. The number of ketones is 1. The number of carbonyl (C=O) groups is 1. The van der Waals surface area contributed by atoms with E-state index in [4.69, 9.17) is 0 Å². The van der Waals surface area contributed by atoms with E-state index >= 15 is 0 Å². The molecule has 0 heterocycles. The van der Waals surface area contributed by atoms with E-state index in [1.54, 1.807) is 0 Å². The van der Waals surface area contributed by atoms with Crippen LogP contribution in [-0.2, 0) is 25.7 Å². The zero-order chi connectivity index (χ0) is 11.7. The Labute approximate surface area is 97.9 Å². The van der Waals surface area contributed by atoms with Crippen molar-refractivity contribution in [3.8, 4) is 0 Å². The minimum absolute atomic E-state index is 0.349. The molecule has 0 aliphatic heterocycles. The molecule has 0 N–H and O–H groups in total. The highest BCUT2D eigenvalue weighted by atomic mass is 16.1. The lowest BCUT2D eigenvalue weighted by molar-refractivity contribution is 0.0994. The minimum atomic E-state index is 0.349. The Kier molecular flexibility index (Phi) is 3.13. The second-order valence-corrected chi connectivity index (χ2v) is 4.50. The molecule has 0 spiro atoms. The van der Waals surface area contributed by atoms with Gasteiger partial charge in [-0.3, -0.25) is 4.79 Å². The van der Waals surface area contributed by atoms with Gasteiger partial charge in [0.25, 0.3) is 0 Å². The number of hydrogen-bond donors (Lipinski definition) is 0. The number of benzene rings is 1. The summed E-state index contributed by atoms with van der Waals surface area (Å²) in [5.41, 5.74) is 6.71. The van der Waals surface area contributed by atoms with Crippen molar-refractivity contribution in [2.45, 2.75) is 52.9 Å². The molecule has 1 nitrogen and oxygen atoms in total. The largest absolute Gasteiger partial charge is 0.294 e. The number of aryl methyl sites for hydroxylation is 1. The highest BCUT2D eigenvalue weighted by Gasteiger charge is 2.24. The van der Waals surface area contributed by atoms with Crippen molar-refractivity contribution >= 4 is 5.78 Å². The van der Waals surface area contributed by atoms with Crippen molar-refractivity contribution in [3.05, 3.63) is 33.9 Å². The fourth-order valence-corrected chi connectivity index (χ4v) is 2.98. The van der Waals surface area contributed by atoms with Crippen LogP contribution in [-0.4, -0.2) is 5.78 Å². The minimum Gasteiger partial charge on any atom is -0.294 e. The van der Waals surface area contributed by atoms with Crippen molar-refractivity contribution in [2.24, 2.45) is 0 Å². The lowest BCUT2D eigenvalue weighted by Crippen LogP contribution is -2.04. The molecule has 1 aliphatic rings. The molecule has 0 fully saturated rings. The van der Waals surface area contributed by atoms with Crippen LogP contribution in [0.3, 0.4) is 0 Å². The van der Waals surface area contributed by atoms with E-state index < -0.39 is 0 Å². The zero-order valence-electron chi connectivity index (χ0n) is 10.5. The molecule has 1 aromatic rings. The molecule has 0 amide bonds. The molecule has 0 saturated heterocycles. The summed E-state index contributed by atoms with van der Waals surface area (Å²) in [5.74, 6) is 0.349. The Bertz CT molecular complexity index is 430. The average Bonchev–Trinajstić information content (AvgIpc) is 2.68. The second-order valence-electron chi connectivity index (χ2n) is 4.50. The molecule has 16 heavy (non-hydrogen) atoms. The summed E-state index contributed by atoms with van der Waals surface area (Å²) >= 11 is 0. The van der Waals surface area contributed by atoms with Crippen LogP contribution in [0.5, 0.6) is 0 Å². The van der Waals surface area contributed by atoms with Gasteiger partial charge in [-0.25, -0.2) is 0 Å². The van der Waals surface area contributed by atoms with Gasteiger partial charge < -0.3 is 0 Å². The number of Topliss-reactive ketones (excluding diaryl/α,β-unsaturated/α-hetero) is 1. The van der Waals surface area contributed by atoms with Crippen molar-refractivity contribution in [1.29, 1.82) is 0 Å². The first-order chi connectivity index (χ1) is 7.72. The molecular formula is C15H20O. The summed E-state index contributed by atoms with van der Waals surface area (Å²) in [5, 5.41) is 0. The van der Waals surface area contributed by atoms with Crippen molar-refractivity contribution in [2.75, 3.05) is 0 Å². The molecule has 0 aromatic heterocycles. The molecular weight excluding hydrogens is 196 g/mol. The van der Waals surface area contributed by atoms with Gasteiger partial charge in [0, 0.05) is 12.0 Å². The summed E-state index contributed by atoms with van der Waals surface area (Å²) in [6.07, 6.45) is 4.88. The molecule has 1 aliphatic carbocycles. The Morgan fingerprint density at radius 3 is 2.25 bits per heavy atom. The highest BCUT2D eigenvalue weighted by molar-refractivity contribution is 6.01. The van der Waals surface area contributed by atoms with Crippen LogP contribution >= 0.6 is 0 Å². The van der Waals surface area contributed by atoms with Crippen molar-refractivity contribution in [1.82, 2.24) is 0 Å². The summed E-state index contributed by atoms with van der Waals surface area (Å²) in [7, 11) is 0. The quantitative estimate of drug-likeness (QED) is 0.755. The molecule has 0 radical (unpaired) electrons. The van der Waals surface area contributed by atoms with Crippen LogP contribution in [0.4, 0.5) is 0 Å². The van der Waals surface area contributed by atoms with Gasteiger partial charge in [0.2, 0.25) is 0 Å². The van der Waals surface area contributed by atoms with Gasteiger partial charge in [-0.1, -0.05) is 20.8 Å². The number of carbonyl (C=O) groups excluding carboxylic acids is 1. The van der Waals surface area contributed by atoms with Gasteiger partial charge in [0.1, 0.15) is 0 Å². The summed E-state index contributed by atoms with van der Waals surface area (Å²) in [6.45, 7) is 6.60. The molecule has 0 atom stereocenters. The Balaban J connectivity index is 2.68. The first-order valence-corrected chi connectivity index (χ1v) is 6.42. The molecule has 1 aromatic carbocycles. The number of hydrogen-bond acceptors (Lipinski definition) is 1. The van der Waals surface area contributed by atoms with Gasteiger partial charge in [-0.2, -0.15) is 0 Å². The normalized spacial score (nSPS) is 14.3. The maximum atomic E-state index is 11.8. The summed E-state index contributed by atoms with van der Waals surface area (Å²) in [6, 6.07) is 2.16. The van der Waals surface area contributed by atoms with E-state index in [2.05, 4.69) is 26.8 Å². The first kappa shape index (κ1) is 11.4. The third-order valence-electron chi connectivity index (χ3n) is 3.75. The van der Waals surface area contributed by atoms with E-state index in [1.807, 2.05) is 0 Å². The number of fused-ring (bicyclic) bond motifs is 1. The van der Waals surface area contributed by atoms with E-state index in [-0.39, 0.29) is 0 Å². The summed E-state index contributed by atoms with van der Waals surface area (Å²) in [4.78, 5) is 11.8. The molecule has 1 heteroatoms. The van der Waals surface area contributed by atoms with Crippen molar-refractivity contribution < 1.29 is 4.79 Å². The molecule has 2 rings (SSSR count). The standard InChI is InChI=1S/C15H20O/c1-4-10-9-14-13(7-8-15(14)16)12(6-3)11(10)5-2/h9H,4-8H2,1-3H3. The fraction of sp³-hybridized carbons (Fsp3) is 0.533. The SMILES string of the molecule is CCc1cc2c(c(CC)c1CC)CCC2=O. The molecule has 86 valence electrons. The van der Waals surface area contributed by atoms with E-state index in [0.29, 0.717) is 5.78 Å². The maximum Gasteiger partial charge on any atom is 0.163 e. The van der Waals surface area contributed by atoms with Gasteiger partial charge in [0.05, 0.1) is 0 Å². The van der Waals surface area contributed by atoms with E-state index in [1.165, 1.54) is 22.3 Å². The summed E-state index contributed by atoms with van der Waals surface area (Å²) < 4.78 is 0. The topological polar surface area (TPSA) is 17.1 Å². The van der Waals surface area contributed by atoms with Crippen LogP contribution < -0.4 is 0 Å². The Morgan fingerprint density at radius 1 is 1.00 bits per heavy atom. The van der Waals surface area contributed by atoms with Crippen LogP contribution in [0.15, 0.2) is 6.07 Å². The van der Waals surface area contributed by atoms with Gasteiger partial charge in [-0.05, 0) is 54.0 Å². The lowest BCUT2D eigenvalue weighted by Gasteiger charge is -2.16. The van der Waals surface area contributed by atoms with Crippen LogP contribution in [0.25, 0.3) is 0 Å². The average molecular weight is 216 g/mol. The first-order valence-electron chi connectivity index (χ1n) is 6.42. The number of rotatable bonds is 3. The smallest absolute Gasteiger partial charge is 0.163 e. The zero-order valence-corrected chi connectivity index (χ0v) is 10.5. The Hall–Kier alpha value is -1.11. The van der Waals surface area contributed by atoms with Crippen LogP contribution in [0.1, 0.15) is 59.8 Å². The Morgan fingerprint density at radius 2 is 1.69 bits per heavy atom. The van der Waals surface area contributed by atoms with Gasteiger partial charge >= 0.3 is 0 Å². The van der Waals surface area contributed by atoms with E-state index in [9.17, 15) is 4.79 Å². The fourth-order valence-electron chi connectivity index (χ4n) is 2.98. The molecule has 0 bridgehead atoms. The monoisotopic (exact) mass is 216 g/mol. The third-order valence-corrected chi connectivity index (χ3v) is 3.75. The maximum absolute atomic E-state index is 11.8. The van der Waals surface area contributed by atoms with Crippen molar-refractivity contribution in [3.63, 3.8) is 0 Å². The van der Waals surface area contributed by atoms with E-state index in [0.717, 1.165) is 37.7 Å². The van der Waals surface area contributed by atoms with Crippen LogP contribution in [0.2, 0.25) is 0 Å². The van der Waals surface area contributed by atoms with Gasteiger partial charge in [0.15, 0.2) is 5.78 Å². The highest BCUT2D eigenvalue weighted by Crippen LogP contribution is 2.31. The van der Waals surface area contributed by atoms with Gasteiger partial charge in [-0.15, -0.1) is 0 Å². The third kappa shape index (κ3) is 1.59. The lowest BCUT2D eigenvalue weighted by atomic mass is 9.89. The molecule has 0 unspecified atom stereocenters. The predicted molar refractivity (Wildman–Crippen MR) is 67.2 cm³/mol. The molecule has 0 saturated carbocycles.